The monoisotopic (exact) mass is 405 g/mol. The first-order valence-electron chi connectivity index (χ1n) is 9.63. The van der Waals surface area contributed by atoms with E-state index in [1.165, 1.54) is 0 Å². The van der Waals surface area contributed by atoms with E-state index in [1.807, 2.05) is 48.7 Å². The lowest BCUT2D eigenvalue weighted by atomic mass is 10.1. The van der Waals surface area contributed by atoms with Gasteiger partial charge in [0.2, 0.25) is 0 Å². The highest BCUT2D eigenvalue weighted by Gasteiger charge is 2.22. The predicted octanol–water partition coefficient (Wildman–Crippen LogP) is 3.61. The summed E-state index contributed by atoms with van der Waals surface area (Å²) in [6.45, 7) is 1.40. The van der Waals surface area contributed by atoms with Gasteiger partial charge in [0.15, 0.2) is 0 Å². The molecule has 7 heteroatoms. The molecule has 1 fully saturated rings. The standard InChI is InChI=1S/C22H20ClN5O/c23-16-6-4-15(5-7-16)22-19(28-9-2-1-3-20(28)26-22)11-17-12-24-13-21(25-17)27-10-8-18(29)14-27/h1-7,9,12-13,18,29H,8,10-11,14H2. The van der Waals surface area contributed by atoms with Gasteiger partial charge in [-0.2, -0.15) is 0 Å². The number of hydrogen-bond acceptors (Lipinski definition) is 5. The van der Waals surface area contributed by atoms with E-state index in [0.717, 1.165) is 47.1 Å². The summed E-state index contributed by atoms with van der Waals surface area (Å²) in [4.78, 5) is 16.1. The van der Waals surface area contributed by atoms with Gasteiger partial charge in [-0.1, -0.05) is 29.8 Å². The van der Waals surface area contributed by atoms with E-state index in [1.54, 1.807) is 12.4 Å². The molecule has 1 aromatic carbocycles. The number of hydrogen-bond donors (Lipinski definition) is 1. The zero-order valence-corrected chi connectivity index (χ0v) is 16.5. The van der Waals surface area contributed by atoms with E-state index in [-0.39, 0.29) is 6.10 Å². The van der Waals surface area contributed by atoms with E-state index in [9.17, 15) is 5.11 Å². The molecule has 1 unspecified atom stereocenters. The van der Waals surface area contributed by atoms with Crippen molar-refractivity contribution in [3.63, 3.8) is 0 Å². The van der Waals surface area contributed by atoms with Crippen LogP contribution < -0.4 is 4.90 Å². The second kappa shape index (κ2) is 7.46. The summed E-state index contributed by atoms with van der Waals surface area (Å²) in [6, 6.07) is 13.7. The number of aliphatic hydroxyl groups excluding tert-OH is 1. The van der Waals surface area contributed by atoms with Crippen LogP contribution in [0.3, 0.4) is 0 Å². The maximum atomic E-state index is 9.83. The van der Waals surface area contributed by atoms with Crippen molar-refractivity contribution >= 4 is 23.1 Å². The quantitative estimate of drug-likeness (QED) is 0.562. The van der Waals surface area contributed by atoms with Gasteiger partial charge in [-0.25, -0.2) is 9.97 Å². The molecular formula is C22H20ClN5O. The maximum absolute atomic E-state index is 9.83. The maximum Gasteiger partial charge on any atom is 0.147 e. The molecular weight excluding hydrogens is 386 g/mol. The van der Waals surface area contributed by atoms with Crippen LogP contribution in [0.1, 0.15) is 17.8 Å². The Kier molecular flexibility index (Phi) is 4.66. The third-order valence-corrected chi connectivity index (χ3v) is 5.51. The smallest absolute Gasteiger partial charge is 0.147 e. The van der Waals surface area contributed by atoms with Crippen LogP contribution in [-0.2, 0) is 6.42 Å². The summed E-state index contributed by atoms with van der Waals surface area (Å²) in [7, 11) is 0. The van der Waals surface area contributed by atoms with Crippen molar-refractivity contribution in [3.8, 4) is 11.3 Å². The normalized spacial score (nSPS) is 16.6. The molecule has 4 heterocycles. The van der Waals surface area contributed by atoms with Crippen LogP contribution in [0.2, 0.25) is 5.02 Å². The molecule has 1 aliphatic rings. The van der Waals surface area contributed by atoms with Crippen molar-refractivity contribution in [1.82, 2.24) is 19.4 Å². The highest BCUT2D eigenvalue weighted by atomic mass is 35.5. The summed E-state index contributed by atoms with van der Waals surface area (Å²) in [5, 5.41) is 10.5. The van der Waals surface area contributed by atoms with Crippen LogP contribution in [0.5, 0.6) is 0 Å². The average Bonchev–Trinajstić information content (AvgIpc) is 3.33. The Labute approximate surface area is 173 Å². The summed E-state index contributed by atoms with van der Waals surface area (Å²) >= 11 is 6.07. The molecule has 4 aromatic rings. The molecule has 1 aliphatic heterocycles. The molecule has 0 aliphatic carbocycles. The van der Waals surface area contributed by atoms with Gasteiger partial charge in [-0.3, -0.25) is 4.98 Å². The molecule has 0 amide bonds. The lowest BCUT2D eigenvalue weighted by Crippen LogP contribution is -2.22. The molecule has 1 atom stereocenters. The van der Waals surface area contributed by atoms with Crippen LogP contribution in [0.25, 0.3) is 16.9 Å². The number of aromatic nitrogens is 4. The van der Waals surface area contributed by atoms with Gasteiger partial charge in [0.1, 0.15) is 11.5 Å². The Morgan fingerprint density at radius 3 is 2.72 bits per heavy atom. The van der Waals surface area contributed by atoms with E-state index < -0.39 is 0 Å². The molecule has 0 radical (unpaired) electrons. The molecule has 0 saturated carbocycles. The van der Waals surface area contributed by atoms with Crippen LogP contribution in [0.4, 0.5) is 5.82 Å². The topological polar surface area (TPSA) is 66.5 Å². The second-order valence-corrected chi connectivity index (χ2v) is 7.71. The fourth-order valence-electron chi connectivity index (χ4n) is 3.81. The second-order valence-electron chi connectivity index (χ2n) is 7.28. The number of nitrogens with zero attached hydrogens (tertiary/aromatic N) is 5. The zero-order valence-electron chi connectivity index (χ0n) is 15.7. The molecule has 0 spiro atoms. The van der Waals surface area contributed by atoms with Gasteiger partial charge in [0, 0.05) is 42.5 Å². The minimum absolute atomic E-state index is 0.296. The van der Waals surface area contributed by atoms with Gasteiger partial charge in [0.05, 0.1) is 29.4 Å². The molecule has 29 heavy (non-hydrogen) atoms. The van der Waals surface area contributed by atoms with Crippen molar-refractivity contribution in [3.05, 3.63) is 77.5 Å². The Hall–Kier alpha value is -2.96. The number of rotatable bonds is 4. The summed E-state index contributed by atoms with van der Waals surface area (Å²) in [5.74, 6) is 0.806. The number of pyridine rings is 1. The SMILES string of the molecule is OC1CCN(c2cncc(Cc3c(-c4ccc(Cl)cc4)nc4ccccn34)n2)C1. The summed E-state index contributed by atoms with van der Waals surface area (Å²) in [6.07, 6.45) is 6.64. The van der Waals surface area contributed by atoms with Gasteiger partial charge >= 0.3 is 0 Å². The van der Waals surface area contributed by atoms with E-state index in [4.69, 9.17) is 21.6 Å². The number of halogens is 1. The largest absolute Gasteiger partial charge is 0.391 e. The first-order valence-corrected chi connectivity index (χ1v) is 10.0. The van der Waals surface area contributed by atoms with Gasteiger partial charge in [-0.15, -0.1) is 0 Å². The third-order valence-electron chi connectivity index (χ3n) is 5.25. The van der Waals surface area contributed by atoms with Crippen molar-refractivity contribution in [2.45, 2.75) is 18.9 Å². The molecule has 3 aromatic heterocycles. The molecule has 5 rings (SSSR count). The molecule has 0 bridgehead atoms. The van der Waals surface area contributed by atoms with Crippen molar-refractivity contribution < 1.29 is 5.11 Å². The number of aliphatic hydroxyl groups is 1. The Morgan fingerprint density at radius 2 is 1.93 bits per heavy atom. The van der Waals surface area contributed by atoms with E-state index >= 15 is 0 Å². The highest BCUT2D eigenvalue weighted by Crippen LogP contribution is 2.28. The third kappa shape index (κ3) is 3.57. The first kappa shape index (κ1) is 18.1. The molecule has 6 nitrogen and oxygen atoms in total. The van der Waals surface area contributed by atoms with Gasteiger partial charge in [0.25, 0.3) is 0 Å². The highest BCUT2D eigenvalue weighted by molar-refractivity contribution is 6.30. The molecule has 146 valence electrons. The Morgan fingerprint density at radius 1 is 1.07 bits per heavy atom. The van der Waals surface area contributed by atoms with E-state index in [2.05, 4.69) is 14.3 Å². The fourth-order valence-corrected chi connectivity index (χ4v) is 3.93. The number of imidazole rings is 1. The van der Waals surface area contributed by atoms with Gasteiger partial charge in [-0.05, 0) is 30.7 Å². The van der Waals surface area contributed by atoms with Crippen LogP contribution in [0, 0.1) is 0 Å². The van der Waals surface area contributed by atoms with E-state index in [0.29, 0.717) is 18.0 Å². The summed E-state index contributed by atoms with van der Waals surface area (Å²) in [5.41, 5.74) is 4.73. The van der Waals surface area contributed by atoms with Crippen molar-refractivity contribution in [2.75, 3.05) is 18.0 Å². The van der Waals surface area contributed by atoms with Crippen molar-refractivity contribution in [1.29, 1.82) is 0 Å². The number of anilines is 1. The molecule has 1 N–H and O–H groups in total. The zero-order chi connectivity index (χ0) is 19.8. The first-order chi connectivity index (χ1) is 14.2. The average molecular weight is 406 g/mol. The van der Waals surface area contributed by atoms with Crippen LogP contribution in [0.15, 0.2) is 61.1 Å². The number of fused-ring (bicyclic) bond motifs is 1. The lowest BCUT2D eigenvalue weighted by molar-refractivity contribution is 0.198. The number of β-amino-alcohol motifs (C(OH)–C–C–N with tert-alkyl or cyclic N) is 1. The van der Waals surface area contributed by atoms with Crippen LogP contribution in [-0.4, -0.2) is 43.7 Å². The minimum atomic E-state index is -0.296. The van der Waals surface area contributed by atoms with Gasteiger partial charge < -0.3 is 14.4 Å². The number of benzene rings is 1. The minimum Gasteiger partial charge on any atom is -0.391 e. The van der Waals surface area contributed by atoms with Crippen molar-refractivity contribution in [2.24, 2.45) is 0 Å². The Bertz CT molecular complexity index is 1160. The fraction of sp³-hybridized carbons (Fsp3) is 0.227. The molecule has 1 saturated heterocycles. The Balaban J connectivity index is 1.55. The lowest BCUT2D eigenvalue weighted by Gasteiger charge is -2.16. The summed E-state index contributed by atoms with van der Waals surface area (Å²) < 4.78 is 2.10. The van der Waals surface area contributed by atoms with Crippen LogP contribution >= 0.6 is 11.6 Å². The predicted molar refractivity (Wildman–Crippen MR) is 113 cm³/mol.